The summed E-state index contributed by atoms with van der Waals surface area (Å²) in [5, 5.41) is 8.35. The first-order valence-electron chi connectivity index (χ1n) is 12.1. The van der Waals surface area contributed by atoms with Crippen LogP contribution in [0, 0.1) is 16.2 Å². The Bertz CT molecular complexity index is 896. The zero-order valence-corrected chi connectivity index (χ0v) is 26.5. The minimum Gasteiger partial charge on any atom is -0.438 e. The van der Waals surface area contributed by atoms with Crippen molar-refractivity contribution in [1.82, 2.24) is 4.90 Å². The Morgan fingerprint density at radius 2 is 1.00 bits per heavy atom. The topological polar surface area (TPSA) is 184 Å². The molecular weight excluding hydrogens is 560 g/mol. The molecule has 39 heavy (non-hydrogen) atoms. The molecule has 0 radical (unpaired) electrons. The molecule has 0 fully saturated rings. The molecule has 0 aliphatic carbocycles. The Morgan fingerprint density at radius 3 is 1.28 bits per heavy atom. The molecule has 2 N–H and O–H groups in total. The Morgan fingerprint density at radius 1 is 0.692 bits per heavy atom. The van der Waals surface area contributed by atoms with Crippen LogP contribution in [0.2, 0.25) is 0 Å². The van der Waals surface area contributed by atoms with Crippen LogP contribution in [-0.4, -0.2) is 78.9 Å². The van der Waals surface area contributed by atoms with Crippen molar-refractivity contribution in [3.05, 3.63) is 0 Å². The number of ether oxygens (including phenoxy) is 3. The number of hydrogen-bond acceptors (Lipinski definition) is 13. The van der Waals surface area contributed by atoms with Gasteiger partial charge in [0.25, 0.3) is 0 Å². The number of nitrogens with zero attached hydrogens (tertiary/aromatic N) is 1. The average Bonchev–Trinajstić information content (AvgIpc) is 2.74. The van der Waals surface area contributed by atoms with Gasteiger partial charge in [-0.2, -0.15) is 0 Å². The molecule has 0 heterocycles. The highest BCUT2D eigenvalue weighted by atomic mass is 31.2. The molecule has 0 aliphatic rings. The lowest BCUT2D eigenvalue weighted by Crippen LogP contribution is -2.33. The van der Waals surface area contributed by atoms with Crippen LogP contribution in [0.15, 0.2) is 0 Å². The molecule has 0 aliphatic heterocycles. The standard InChI is InChI=1S/C23H45NO13P2/c1-21(2,3)18(26)32-13-35-38(29,30)17(12-16(25)24(10)11)39(31,36-14-33-19(27)22(4,5)6)37-15-34-20(28)23(7,8)9/h16-17,25H,12-15H2,1-11H3,(H,29,30). The minimum absolute atomic E-state index is 0.703. The second-order valence-corrected chi connectivity index (χ2v) is 16.7. The van der Waals surface area contributed by atoms with Crippen LogP contribution in [0.25, 0.3) is 0 Å². The third-order valence-electron chi connectivity index (χ3n) is 4.87. The van der Waals surface area contributed by atoms with Crippen molar-refractivity contribution < 1.29 is 61.3 Å². The number of carbonyl (C=O) groups is 3. The van der Waals surface area contributed by atoms with Crippen LogP contribution in [0.1, 0.15) is 68.7 Å². The second kappa shape index (κ2) is 14.5. The van der Waals surface area contributed by atoms with Gasteiger partial charge in [0, 0.05) is 6.42 Å². The van der Waals surface area contributed by atoms with Gasteiger partial charge in [-0.15, -0.1) is 0 Å². The summed E-state index contributed by atoms with van der Waals surface area (Å²) in [4.78, 5) is 48.4. The molecule has 0 bridgehead atoms. The molecule has 0 spiro atoms. The van der Waals surface area contributed by atoms with E-state index in [1.165, 1.54) is 19.0 Å². The fourth-order valence-electron chi connectivity index (χ4n) is 2.25. The lowest BCUT2D eigenvalue weighted by atomic mass is 9.98. The van der Waals surface area contributed by atoms with Crippen molar-refractivity contribution in [3.8, 4) is 0 Å². The van der Waals surface area contributed by atoms with Gasteiger partial charge in [0.15, 0.2) is 5.40 Å². The zero-order valence-electron chi connectivity index (χ0n) is 24.7. The Labute approximate surface area is 230 Å². The van der Waals surface area contributed by atoms with Crippen molar-refractivity contribution in [2.24, 2.45) is 16.2 Å². The second-order valence-electron chi connectivity index (χ2n) is 12.1. The number of aliphatic hydroxyl groups is 1. The van der Waals surface area contributed by atoms with Crippen LogP contribution in [0.5, 0.6) is 0 Å². The molecule has 0 aromatic heterocycles. The van der Waals surface area contributed by atoms with E-state index in [2.05, 4.69) is 0 Å². The summed E-state index contributed by atoms with van der Waals surface area (Å²) in [6, 6.07) is 0. The molecular formula is C23H45NO13P2. The van der Waals surface area contributed by atoms with Gasteiger partial charge in [-0.1, -0.05) is 0 Å². The molecule has 0 amide bonds. The maximum absolute atomic E-state index is 14.0. The molecule has 3 atom stereocenters. The van der Waals surface area contributed by atoms with Gasteiger partial charge in [-0.25, -0.2) is 0 Å². The van der Waals surface area contributed by atoms with Gasteiger partial charge >= 0.3 is 33.1 Å². The highest BCUT2D eigenvalue weighted by Gasteiger charge is 2.51. The van der Waals surface area contributed by atoms with Crippen LogP contribution < -0.4 is 0 Å². The van der Waals surface area contributed by atoms with E-state index in [9.17, 15) is 33.5 Å². The predicted octanol–water partition coefficient (Wildman–Crippen LogP) is 3.65. The van der Waals surface area contributed by atoms with Crippen molar-refractivity contribution in [2.45, 2.75) is 80.4 Å². The van der Waals surface area contributed by atoms with Crippen LogP contribution in [0.4, 0.5) is 0 Å². The number of hydrogen-bond donors (Lipinski definition) is 2. The molecule has 0 saturated heterocycles. The van der Waals surface area contributed by atoms with Gasteiger partial charge in [0.1, 0.15) is 6.23 Å². The van der Waals surface area contributed by atoms with E-state index in [1.54, 1.807) is 62.3 Å². The molecule has 16 heteroatoms. The van der Waals surface area contributed by atoms with E-state index < -0.39 is 87.8 Å². The summed E-state index contributed by atoms with van der Waals surface area (Å²) < 4.78 is 57.5. The third-order valence-corrected chi connectivity index (χ3v) is 9.90. The molecule has 14 nitrogen and oxygen atoms in total. The highest BCUT2D eigenvalue weighted by Crippen LogP contribution is 2.69. The summed E-state index contributed by atoms with van der Waals surface area (Å²) >= 11 is 0. The predicted molar refractivity (Wildman–Crippen MR) is 140 cm³/mol. The van der Waals surface area contributed by atoms with Gasteiger partial charge < -0.3 is 24.2 Å². The maximum atomic E-state index is 14.0. The number of esters is 3. The van der Waals surface area contributed by atoms with Crippen LogP contribution in [0.3, 0.4) is 0 Å². The summed E-state index contributed by atoms with van der Waals surface area (Å²) in [6.07, 6.45) is -2.16. The lowest BCUT2D eigenvalue weighted by molar-refractivity contribution is -0.162. The summed E-state index contributed by atoms with van der Waals surface area (Å²) in [6.45, 7) is 11.1. The molecule has 0 aromatic rings. The Hall–Kier alpha value is -1.37. The fraction of sp³-hybridized carbons (Fsp3) is 0.870. The molecule has 0 saturated carbocycles. The average molecular weight is 606 g/mol. The highest BCUT2D eigenvalue weighted by molar-refractivity contribution is 7.72. The number of rotatable bonds is 14. The fourth-order valence-corrected chi connectivity index (χ4v) is 6.37. The maximum Gasteiger partial charge on any atom is 0.351 e. The SMILES string of the molecule is CN(C)C(O)CC(P(=O)(O)OCOC(=O)C(C)(C)C)P(=O)(OCOC(=O)C(C)(C)C)OCOC(=O)C(C)(C)C. The first kappa shape index (κ1) is 37.6. The zero-order chi connectivity index (χ0) is 31.0. The van der Waals surface area contributed by atoms with Crippen molar-refractivity contribution in [1.29, 1.82) is 0 Å². The lowest BCUT2D eigenvalue weighted by Gasteiger charge is -2.32. The van der Waals surface area contributed by atoms with Gasteiger partial charge in [0.05, 0.1) is 16.2 Å². The molecule has 0 rings (SSSR count). The first-order chi connectivity index (χ1) is 17.3. The largest absolute Gasteiger partial charge is 0.438 e. The molecule has 230 valence electrons. The summed E-state index contributed by atoms with van der Waals surface area (Å²) in [7, 11) is -7.07. The van der Waals surface area contributed by atoms with E-state index in [4.69, 9.17) is 27.8 Å². The van der Waals surface area contributed by atoms with Crippen LogP contribution in [-0.2, 0) is 51.3 Å². The van der Waals surface area contributed by atoms with Crippen molar-refractivity contribution in [3.63, 3.8) is 0 Å². The quantitative estimate of drug-likeness (QED) is 0.126. The van der Waals surface area contributed by atoms with E-state index >= 15 is 0 Å². The summed E-state index contributed by atoms with van der Waals surface area (Å²) in [5.74, 6) is -2.22. The molecule has 3 unspecified atom stereocenters. The van der Waals surface area contributed by atoms with Crippen molar-refractivity contribution in [2.75, 3.05) is 34.5 Å². The minimum atomic E-state index is -5.08. The number of aliphatic hydroxyl groups excluding tert-OH is 1. The van der Waals surface area contributed by atoms with E-state index in [1.807, 2.05) is 0 Å². The van der Waals surface area contributed by atoms with Crippen molar-refractivity contribution >= 4 is 33.1 Å². The Balaban J connectivity index is 6.18. The van der Waals surface area contributed by atoms with Gasteiger partial charge in [0.2, 0.25) is 20.4 Å². The van der Waals surface area contributed by atoms with E-state index in [0.29, 0.717) is 0 Å². The number of carbonyl (C=O) groups excluding carboxylic acids is 3. The third kappa shape index (κ3) is 13.2. The first-order valence-corrected chi connectivity index (χ1v) is 15.3. The molecule has 0 aromatic carbocycles. The van der Waals surface area contributed by atoms with Gasteiger partial charge in [-0.3, -0.25) is 42.0 Å². The smallest absolute Gasteiger partial charge is 0.351 e. The monoisotopic (exact) mass is 605 g/mol. The van der Waals surface area contributed by atoms with E-state index in [0.717, 1.165) is 0 Å². The Kier molecular flexibility index (Phi) is 14.0. The summed E-state index contributed by atoms with van der Waals surface area (Å²) in [5.41, 5.74) is -2.86. The van der Waals surface area contributed by atoms with E-state index in [-0.39, 0.29) is 0 Å². The van der Waals surface area contributed by atoms with Crippen LogP contribution >= 0.6 is 15.2 Å². The van der Waals surface area contributed by atoms with Gasteiger partial charge in [-0.05, 0) is 76.4 Å². The normalized spacial score (nSPS) is 16.3.